The summed E-state index contributed by atoms with van der Waals surface area (Å²) in [5, 5.41) is 5.09. The average Bonchev–Trinajstić information content (AvgIpc) is 2.38. The lowest BCUT2D eigenvalue weighted by molar-refractivity contribution is -0.787. The molecule has 0 aromatic rings. The van der Waals surface area contributed by atoms with Gasteiger partial charge < -0.3 is 5.32 Å². The van der Waals surface area contributed by atoms with Crippen molar-refractivity contribution in [2.24, 2.45) is 0 Å². The van der Waals surface area contributed by atoms with E-state index in [1.54, 1.807) is 11.8 Å². The summed E-state index contributed by atoms with van der Waals surface area (Å²) in [7, 11) is 5.62. The van der Waals surface area contributed by atoms with Crippen molar-refractivity contribution >= 4 is 17.8 Å². The van der Waals surface area contributed by atoms with Gasteiger partial charge in [0.25, 0.3) is 0 Å². The molecule has 1 heterocycles. The number of thioether (sulfide) groups is 1. The van der Waals surface area contributed by atoms with Gasteiger partial charge in [-0.15, -0.1) is 11.8 Å². The first-order valence-corrected chi connectivity index (χ1v) is 6.39. The van der Waals surface area contributed by atoms with Crippen molar-refractivity contribution in [2.45, 2.75) is 19.8 Å². The summed E-state index contributed by atoms with van der Waals surface area (Å²) >= 11 is 1.72. The number of hydrogen-bond donors (Lipinski definition) is 1. The van der Waals surface area contributed by atoms with Crippen LogP contribution in [0, 0.1) is 0 Å². The van der Waals surface area contributed by atoms with Crippen LogP contribution in [0.2, 0.25) is 0 Å². The second kappa shape index (κ2) is 5.55. The van der Waals surface area contributed by atoms with Gasteiger partial charge in [-0.3, -0.25) is 0 Å². The van der Waals surface area contributed by atoms with Crippen LogP contribution in [0.5, 0.6) is 0 Å². The molecule has 0 fully saturated rings. The first kappa shape index (κ1) is 13.3. The monoisotopic (exact) mass is 241 g/mol. The van der Waals surface area contributed by atoms with Gasteiger partial charge in [0, 0.05) is 4.91 Å². The van der Waals surface area contributed by atoms with Crippen molar-refractivity contribution in [1.82, 2.24) is 5.32 Å². The maximum atomic E-state index is 11.7. The number of quaternary nitrogens is 1. The second-order valence-corrected chi connectivity index (χ2v) is 5.90. The van der Waals surface area contributed by atoms with Gasteiger partial charge in [0.15, 0.2) is 0 Å². The number of carbonyl (C=O) groups excluding carboxylic acids is 1. The maximum Gasteiger partial charge on any atom is 0.416 e. The zero-order valence-corrected chi connectivity index (χ0v) is 11.4. The molecule has 0 saturated carbocycles. The third-order valence-corrected chi connectivity index (χ3v) is 3.58. The van der Waals surface area contributed by atoms with E-state index in [0.717, 1.165) is 12.8 Å². The molecule has 1 rings (SSSR count). The molecule has 0 spiro atoms. The minimum atomic E-state index is 0.0501. The fraction of sp³-hybridized carbons (Fsp3) is 0.583. The molecular weight excluding hydrogens is 220 g/mol. The highest BCUT2D eigenvalue weighted by Gasteiger charge is 2.20. The largest absolute Gasteiger partial charge is 0.416 e. The van der Waals surface area contributed by atoms with Gasteiger partial charge in [-0.05, 0) is 25.2 Å². The molecule has 2 amide bonds. The van der Waals surface area contributed by atoms with Crippen molar-refractivity contribution in [2.75, 3.05) is 27.7 Å². The van der Waals surface area contributed by atoms with Crippen LogP contribution < -0.4 is 5.32 Å². The van der Waals surface area contributed by atoms with Gasteiger partial charge in [0.05, 0.1) is 27.7 Å². The van der Waals surface area contributed by atoms with E-state index in [1.807, 2.05) is 21.1 Å². The standard InChI is InChI=1S/C12H20N2OS/c1-10-7-5-6-8-16-11(10)9-13-12(15)14(2,3)4/h6,8H,5,7,9H2,1-4H3/p+1. The van der Waals surface area contributed by atoms with E-state index in [1.165, 1.54) is 10.5 Å². The molecule has 90 valence electrons. The summed E-state index contributed by atoms with van der Waals surface area (Å²) in [6.07, 6.45) is 4.38. The molecule has 0 aromatic heterocycles. The van der Waals surface area contributed by atoms with Gasteiger partial charge >= 0.3 is 6.03 Å². The highest BCUT2D eigenvalue weighted by atomic mass is 32.2. The topological polar surface area (TPSA) is 29.1 Å². The molecule has 0 aromatic carbocycles. The number of hydrogen-bond acceptors (Lipinski definition) is 2. The van der Waals surface area contributed by atoms with Crippen LogP contribution in [0.4, 0.5) is 4.79 Å². The lowest BCUT2D eigenvalue weighted by Crippen LogP contribution is -2.48. The van der Waals surface area contributed by atoms with Crippen molar-refractivity contribution in [1.29, 1.82) is 0 Å². The molecule has 0 bridgehead atoms. The molecule has 0 saturated heterocycles. The molecular formula is C12H21N2OS+. The lowest BCUT2D eigenvalue weighted by Gasteiger charge is -2.21. The average molecular weight is 241 g/mol. The number of nitrogens with one attached hydrogen (secondary N) is 1. The predicted octanol–water partition coefficient (Wildman–Crippen LogP) is 2.72. The Balaban J connectivity index is 2.54. The number of allylic oxidation sites excluding steroid dienone is 2. The Kier molecular flexibility index (Phi) is 4.62. The Morgan fingerprint density at radius 2 is 2.19 bits per heavy atom. The number of urea groups is 1. The van der Waals surface area contributed by atoms with Crippen molar-refractivity contribution < 1.29 is 9.28 Å². The predicted molar refractivity (Wildman–Crippen MR) is 70.1 cm³/mol. The fourth-order valence-electron chi connectivity index (χ4n) is 1.32. The Labute approximate surface area is 102 Å². The van der Waals surface area contributed by atoms with E-state index in [4.69, 9.17) is 0 Å². The van der Waals surface area contributed by atoms with Crippen LogP contribution in [0.25, 0.3) is 0 Å². The first-order chi connectivity index (χ1) is 7.41. The van der Waals surface area contributed by atoms with Gasteiger partial charge in [-0.1, -0.05) is 11.6 Å². The number of carbonyl (C=O) groups is 1. The Morgan fingerprint density at radius 3 is 2.81 bits per heavy atom. The van der Waals surface area contributed by atoms with Gasteiger partial charge in [0.1, 0.15) is 0 Å². The molecule has 1 aliphatic heterocycles. The molecule has 4 heteroatoms. The van der Waals surface area contributed by atoms with Crippen molar-refractivity contribution in [3.8, 4) is 0 Å². The summed E-state index contributed by atoms with van der Waals surface area (Å²) in [4.78, 5) is 13.0. The lowest BCUT2D eigenvalue weighted by atomic mass is 10.1. The number of rotatable bonds is 2. The molecule has 0 atom stereocenters. The second-order valence-electron chi connectivity index (χ2n) is 4.90. The van der Waals surface area contributed by atoms with Crippen LogP contribution >= 0.6 is 11.8 Å². The van der Waals surface area contributed by atoms with Crippen LogP contribution in [0.15, 0.2) is 22.0 Å². The van der Waals surface area contributed by atoms with Crippen molar-refractivity contribution in [3.05, 3.63) is 22.0 Å². The zero-order chi connectivity index (χ0) is 12.2. The van der Waals surface area contributed by atoms with Crippen LogP contribution in [-0.4, -0.2) is 38.2 Å². The minimum absolute atomic E-state index is 0.0501. The Bertz CT molecular complexity index is 326. The van der Waals surface area contributed by atoms with E-state index in [0.29, 0.717) is 11.0 Å². The molecule has 0 unspecified atom stereocenters. The van der Waals surface area contributed by atoms with Crippen LogP contribution in [0.3, 0.4) is 0 Å². The maximum absolute atomic E-state index is 11.7. The summed E-state index contributed by atoms with van der Waals surface area (Å²) in [5.41, 5.74) is 1.39. The van der Waals surface area contributed by atoms with Crippen LogP contribution in [-0.2, 0) is 0 Å². The van der Waals surface area contributed by atoms with E-state index in [2.05, 4.69) is 23.7 Å². The quantitative estimate of drug-likeness (QED) is 0.753. The summed E-state index contributed by atoms with van der Waals surface area (Å²) < 4.78 is 0.312. The van der Waals surface area contributed by atoms with E-state index in [9.17, 15) is 4.79 Å². The summed E-state index contributed by atoms with van der Waals surface area (Å²) in [6, 6.07) is 0.0501. The molecule has 0 radical (unpaired) electrons. The third-order valence-electron chi connectivity index (χ3n) is 2.48. The van der Waals surface area contributed by atoms with E-state index >= 15 is 0 Å². The van der Waals surface area contributed by atoms with Gasteiger partial charge in [0.2, 0.25) is 0 Å². The molecule has 0 aliphatic carbocycles. The van der Waals surface area contributed by atoms with E-state index < -0.39 is 0 Å². The smallest absolute Gasteiger partial charge is 0.301 e. The van der Waals surface area contributed by atoms with Gasteiger partial charge in [-0.2, -0.15) is 0 Å². The SMILES string of the molecule is CC1=C(CNC(=O)[N+](C)(C)C)SC=CCC1. The summed E-state index contributed by atoms with van der Waals surface area (Å²) in [5.74, 6) is 0. The van der Waals surface area contributed by atoms with Crippen LogP contribution in [0.1, 0.15) is 19.8 Å². The molecule has 16 heavy (non-hydrogen) atoms. The molecule has 1 aliphatic rings. The van der Waals surface area contributed by atoms with E-state index in [-0.39, 0.29) is 6.03 Å². The minimum Gasteiger partial charge on any atom is -0.301 e. The third kappa shape index (κ3) is 4.02. The highest BCUT2D eigenvalue weighted by molar-refractivity contribution is 8.05. The Morgan fingerprint density at radius 1 is 1.50 bits per heavy atom. The molecule has 3 nitrogen and oxygen atoms in total. The fourth-order valence-corrected chi connectivity index (χ4v) is 2.18. The molecule has 1 N–H and O–H groups in total. The number of nitrogens with zero attached hydrogens (tertiary/aromatic N) is 1. The highest BCUT2D eigenvalue weighted by Crippen LogP contribution is 2.26. The normalized spacial score (nSPS) is 17.2. The zero-order valence-electron chi connectivity index (χ0n) is 10.5. The van der Waals surface area contributed by atoms with Gasteiger partial charge in [-0.25, -0.2) is 9.28 Å². The first-order valence-electron chi connectivity index (χ1n) is 5.51. The number of amides is 2. The summed E-state index contributed by atoms with van der Waals surface area (Å²) in [6.45, 7) is 2.79. The Hall–Kier alpha value is -0.740. The van der Waals surface area contributed by atoms with Crippen molar-refractivity contribution in [3.63, 3.8) is 0 Å².